The quantitative estimate of drug-likeness (QED) is 0.160. The Morgan fingerprint density at radius 3 is 1.67 bits per heavy atom. The molecule has 0 N–H and O–H groups in total. The van der Waals surface area contributed by atoms with Crippen molar-refractivity contribution in [1.82, 2.24) is 4.57 Å². The van der Waals surface area contributed by atoms with E-state index in [9.17, 15) is 12.3 Å². The van der Waals surface area contributed by atoms with Crippen LogP contribution in [0.3, 0.4) is 0 Å². The third-order valence-electron chi connectivity index (χ3n) is 10.7. The molecule has 0 radical (unpaired) electrons. The number of nitrogens with zero attached hydrogens (tertiary/aromatic N) is 2. The van der Waals surface area contributed by atoms with Gasteiger partial charge in [-0.1, -0.05) is 157 Å². The summed E-state index contributed by atoms with van der Waals surface area (Å²) in [5.41, 5.74) is 0.524. The Kier molecular flexibility index (Phi) is 4.74. The van der Waals surface area contributed by atoms with Crippen LogP contribution in [0.2, 0.25) is 0 Å². The van der Waals surface area contributed by atoms with Crippen molar-refractivity contribution in [3.8, 4) is 39.1 Å². The third-order valence-corrected chi connectivity index (χ3v) is 10.7. The van der Waals surface area contributed by atoms with Crippen LogP contribution < -0.4 is 4.90 Å². The fourth-order valence-corrected chi connectivity index (χ4v) is 7.93. The van der Waals surface area contributed by atoms with Gasteiger partial charge in [0.15, 0.2) is 0 Å². The second kappa shape index (κ2) is 14.3. The molecule has 0 fully saturated rings. The molecule has 0 aliphatic rings. The molecule has 2 aromatic heterocycles. The van der Waals surface area contributed by atoms with E-state index < -0.39 is 165 Å². The molecule has 10 aromatic carbocycles. The first kappa shape index (κ1) is 20.2. The zero-order valence-electron chi connectivity index (χ0n) is 51.7. The van der Waals surface area contributed by atoms with Crippen molar-refractivity contribution in [1.29, 1.82) is 0 Å². The van der Waals surface area contributed by atoms with Crippen LogP contribution >= 0.6 is 0 Å². The first-order chi connectivity index (χ1) is 38.6. The van der Waals surface area contributed by atoms with Gasteiger partial charge < -0.3 is 13.9 Å². The lowest BCUT2D eigenvalue weighted by Gasteiger charge is -2.27. The largest absolute Gasteiger partial charge is 0.455 e. The van der Waals surface area contributed by atoms with E-state index in [1.807, 2.05) is 60.7 Å². The highest BCUT2D eigenvalue weighted by atomic mass is 16.3. The standard InChI is InChI=1S/C58H38N2O/c1-2-12-39(13-3-1)41-24-30-46(31-25-41)59(47-32-26-42(27-33-47)45-23-22-40-14-4-5-15-44(40)38-45)55-37-36-49(58-57(55)52-18-8-11-21-56(52)61-58)43-28-34-48(35-29-43)60-53-19-9-6-16-50(53)51-17-7-10-20-54(51)60/h1-38H/i1D,2D,3D,4D,5D,12D,13D,14D,15D,22D,23D,24D,25D,26D,27D,30D,31D,32D,33D,38D. The maximum atomic E-state index is 9.81. The van der Waals surface area contributed by atoms with E-state index in [0.29, 0.717) is 22.1 Å². The molecule has 286 valence electrons. The highest BCUT2D eigenvalue weighted by Gasteiger charge is 2.23. The number of rotatable bonds is 7. The average Bonchev–Trinajstić information content (AvgIpc) is 4.20. The third kappa shape index (κ3) is 5.90. The molecule has 0 unspecified atom stereocenters. The van der Waals surface area contributed by atoms with E-state index in [0.717, 1.165) is 32.4 Å². The number of benzene rings is 10. The SMILES string of the molecule is [2H]c1c([2H])c([2H])c(-c2c([2H])c([2H])c(N(c3c([2H])c([2H])c(-c4c([2H])c([2H])c5c([2H])c([2H])c([2H])c([2H])c5c4[2H])c([2H])c3[2H])c3ccc(-c4ccc(-n5c6ccccc6c6ccccc65)cc4)c4oc5ccccc5c34)c([2H])c2[2H])c([2H])c1[2H]. The van der Waals surface area contributed by atoms with E-state index in [4.69, 9.17) is 19.5 Å². The lowest BCUT2D eigenvalue weighted by atomic mass is 9.98. The van der Waals surface area contributed by atoms with Crippen LogP contribution in [0.25, 0.3) is 93.6 Å². The van der Waals surface area contributed by atoms with Crippen LogP contribution in [-0.2, 0) is 0 Å². The summed E-state index contributed by atoms with van der Waals surface area (Å²) in [6.07, 6.45) is 0. The van der Waals surface area contributed by atoms with E-state index in [2.05, 4.69) is 16.7 Å². The van der Waals surface area contributed by atoms with Crippen molar-refractivity contribution in [3.63, 3.8) is 0 Å². The van der Waals surface area contributed by atoms with Gasteiger partial charge in [-0.25, -0.2) is 0 Å². The molecule has 0 atom stereocenters. The lowest BCUT2D eigenvalue weighted by molar-refractivity contribution is 0.670. The smallest absolute Gasteiger partial charge is 0.145 e. The van der Waals surface area contributed by atoms with Crippen molar-refractivity contribution in [2.24, 2.45) is 0 Å². The second-order valence-corrected chi connectivity index (χ2v) is 14.1. The van der Waals surface area contributed by atoms with Crippen molar-refractivity contribution in [2.75, 3.05) is 4.90 Å². The Bertz CT molecular complexity index is 4640. The molecule has 3 heteroatoms. The summed E-state index contributed by atoms with van der Waals surface area (Å²) in [4.78, 5) is 1.01. The summed E-state index contributed by atoms with van der Waals surface area (Å²) >= 11 is 0. The maximum Gasteiger partial charge on any atom is 0.145 e. The van der Waals surface area contributed by atoms with Gasteiger partial charge in [-0.05, 0) is 111 Å². The van der Waals surface area contributed by atoms with E-state index >= 15 is 0 Å². The number of hydrogen-bond acceptors (Lipinski definition) is 2. The summed E-state index contributed by atoms with van der Waals surface area (Å²) in [7, 11) is 0. The first-order valence-corrected chi connectivity index (χ1v) is 19.2. The molecule has 0 bridgehead atoms. The van der Waals surface area contributed by atoms with Crippen LogP contribution in [0.15, 0.2) is 234 Å². The number of para-hydroxylation sites is 3. The number of furan rings is 1. The number of hydrogen-bond donors (Lipinski definition) is 0. The highest BCUT2D eigenvalue weighted by molar-refractivity contribution is 6.17. The van der Waals surface area contributed by atoms with E-state index in [1.165, 1.54) is 6.07 Å². The van der Waals surface area contributed by atoms with Crippen molar-refractivity contribution in [2.45, 2.75) is 0 Å². The van der Waals surface area contributed by atoms with E-state index in [1.54, 1.807) is 30.3 Å². The summed E-state index contributed by atoms with van der Waals surface area (Å²) < 4.78 is 189. The van der Waals surface area contributed by atoms with Crippen molar-refractivity contribution < 1.29 is 31.8 Å². The fourth-order valence-electron chi connectivity index (χ4n) is 7.93. The molecule has 12 rings (SSSR count). The summed E-state index contributed by atoms with van der Waals surface area (Å²) in [5.74, 6) is 0. The number of aromatic nitrogens is 1. The summed E-state index contributed by atoms with van der Waals surface area (Å²) in [6.45, 7) is 0. The molecule has 3 nitrogen and oxygen atoms in total. The van der Waals surface area contributed by atoms with Crippen LogP contribution in [0, 0.1) is 0 Å². The zero-order valence-corrected chi connectivity index (χ0v) is 31.7. The Hall–Kier alpha value is -8.14. The molecule has 0 aliphatic carbocycles. The fraction of sp³-hybridized carbons (Fsp3) is 0. The van der Waals surface area contributed by atoms with Crippen molar-refractivity contribution in [3.05, 3.63) is 230 Å². The maximum absolute atomic E-state index is 9.81. The molecular weight excluding hydrogens is 741 g/mol. The van der Waals surface area contributed by atoms with Gasteiger partial charge in [0.2, 0.25) is 0 Å². The van der Waals surface area contributed by atoms with Crippen LogP contribution in [0.4, 0.5) is 17.1 Å². The van der Waals surface area contributed by atoms with Gasteiger partial charge in [0.25, 0.3) is 0 Å². The Labute approximate surface area is 381 Å². The molecule has 2 heterocycles. The predicted octanol–water partition coefficient (Wildman–Crippen LogP) is 16.3. The zero-order chi connectivity index (χ0) is 57.7. The summed E-state index contributed by atoms with van der Waals surface area (Å²) in [5, 5.41) is 1.84. The van der Waals surface area contributed by atoms with Crippen LogP contribution in [-0.4, -0.2) is 4.57 Å². The molecule has 0 spiro atoms. The molecule has 0 saturated carbocycles. The van der Waals surface area contributed by atoms with Gasteiger partial charge in [-0.15, -0.1) is 0 Å². The lowest BCUT2D eigenvalue weighted by Crippen LogP contribution is -2.10. The van der Waals surface area contributed by atoms with Gasteiger partial charge in [-0.2, -0.15) is 0 Å². The Morgan fingerprint density at radius 1 is 0.426 bits per heavy atom. The van der Waals surface area contributed by atoms with Gasteiger partial charge in [0, 0.05) is 38.8 Å². The topological polar surface area (TPSA) is 21.3 Å². The Morgan fingerprint density at radius 2 is 0.984 bits per heavy atom. The normalized spacial score (nSPS) is 16.2. The van der Waals surface area contributed by atoms with E-state index in [-0.39, 0.29) is 16.7 Å². The van der Waals surface area contributed by atoms with Crippen molar-refractivity contribution >= 4 is 71.6 Å². The second-order valence-electron chi connectivity index (χ2n) is 14.1. The molecule has 12 aromatic rings. The van der Waals surface area contributed by atoms with Gasteiger partial charge in [0.1, 0.15) is 11.2 Å². The molecule has 61 heavy (non-hydrogen) atoms. The molecule has 0 aliphatic heterocycles. The number of anilines is 3. The van der Waals surface area contributed by atoms with Gasteiger partial charge >= 0.3 is 0 Å². The monoisotopic (exact) mass is 798 g/mol. The first-order valence-electron chi connectivity index (χ1n) is 29.2. The van der Waals surface area contributed by atoms with Crippen LogP contribution in [0.5, 0.6) is 0 Å². The van der Waals surface area contributed by atoms with Crippen LogP contribution in [0.1, 0.15) is 27.4 Å². The molecule has 0 amide bonds. The van der Waals surface area contributed by atoms with Gasteiger partial charge in [0.05, 0.1) is 49.5 Å². The summed E-state index contributed by atoms with van der Waals surface area (Å²) in [6, 6.07) is 17.3. The minimum absolute atomic E-state index is 0.0528. The van der Waals surface area contributed by atoms with Gasteiger partial charge in [-0.3, -0.25) is 0 Å². The number of fused-ring (bicyclic) bond motifs is 7. The predicted molar refractivity (Wildman–Crippen MR) is 257 cm³/mol. The molecule has 0 saturated heterocycles. The minimum Gasteiger partial charge on any atom is -0.455 e. The minimum atomic E-state index is -0.920. The Balaban J connectivity index is 1.15. The molecular formula is C58H38N2O. The average molecular weight is 799 g/mol. The highest BCUT2D eigenvalue weighted by Crippen LogP contribution is 2.47.